The first-order valence-electron chi connectivity index (χ1n) is 11.2. The van der Waals surface area contributed by atoms with Gasteiger partial charge in [-0.3, -0.25) is 10.1 Å². The molecule has 0 aromatic heterocycles. The van der Waals surface area contributed by atoms with Gasteiger partial charge in [0.15, 0.2) is 0 Å². The van der Waals surface area contributed by atoms with E-state index in [-0.39, 0.29) is 16.0 Å². The second-order valence-corrected chi connectivity index (χ2v) is 8.59. The lowest BCUT2D eigenvalue weighted by Gasteiger charge is -2.32. The summed E-state index contributed by atoms with van der Waals surface area (Å²) < 4.78 is 0. The number of nitro benzene ring substituents is 1. The van der Waals surface area contributed by atoms with Gasteiger partial charge in [-0.2, -0.15) is 0 Å². The normalized spacial score (nSPS) is 14.2. The molecule has 0 heterocycles. The van der Waals surface area contributed by atoms with Crippen LogP contribution in [0.5, 0.6) is 0 Å². The topological polar surface area (TPSA) is 75.7 Å². The Labute approximate surface area is 188 Å². The summed E-state index contributed by atoms with van der Waals surface area (Å²) in [5.74, 6) is 0. The van der Waals surface area contributed by atoms with Gasteiger partial charge in [0.25, 0.3) is 5.69 Å². The van der Waals surface area contributed by atoms with Crippen LogP contribution in [0.15, 0.2) is 65.8 Å². The Morgan fingerprint density at radius 3 is 2.19 bits per heavy atom. The van der Waals surface area contributed by atoms with Gasteiger partial charge in [0.2, 0.25) is 0 Å². The van der Waals surface area contributed by atoms with Crippen LogP contribution in [-0.4, -0.2) is 15.8 Å². The molecular weight excluding hydrogens is 400 g/mol. The van der Waals surface area contributed by atoms with E-state index in [1.807, 2.05) is 43.3 Å². The van der Waals surface area contributed by atoms with E-state index >= 15 is 0 Å². The molecule has 32 heavy (non-hydrogen) atoms. The Bertz CT molecular complexity index is 1210. The number of hydrogen-bond acceptors (Lipinski definition) is 4. The lowest BCUT2D eigenvalue weighted by molar-refractivity contribution is -0.384. The molecule has 0 fully saturated rings. The third kappa shape index (κ3) is 3.38. The standard InChI is InChI=1S/C27H28N2O3/c1-4-14-27(15-5-2)24-16-19(26(28-30)21-9-7-6-8-18(21)3)10-12-22(24)23-13-11-20(29(31)32)17-25(23)27/h6-13,16-17,30H,4-5,14-15H2,1-3H3/b28-26+. The summed E-state index contributed by atoms with van der Waals surface area (Å²) in [4.78, 5) is 11.2. The Morgan fingerprint density at radius 2 is 1.59 bits per heavy atom. The van der Waals surface area contributed by atoms with Crippen LogP contribution in [0, 0.1) is 17.0 Å². The van der Waals surface area contributed by atoms with Gasteiger partial charge in [-0.1, -0.05) is 68.2 Å². The van der Waals surface area contributed by atoms with E-state index < -0.39 is 0 Å². The maximum absolute atomic E-state index is 11.5. The average molecular weight is 429 g/mol. The van der Waals surface area contributed by atoms with E-state index in [4.69, 9.17) is 0 Å². The molecule has 0 amide bonds. The summed E-state index contributed by atoms with van der Waals surface area (Å²) in [5.41, 5.74) is 7.54. The van der Waals surface area contributed by atoms with Gasteiger partial charge in [0, 0.05) is 28.7 Å². The lowest BCUT2D eigenvalue weighted by atomic mass is 9.71. The van der Waals surface area contributed by atoms with Crippen molar-refractivity contribution in [1.29, 1.82) is 0 Å². The number of oxime groups is 1. The maximum Gasteiger partial charge on any atom is 0.269 e. The summed E-state index contributed by atoms with van der Waals surface area (Å²) in [6.07, 6.45) is 3.73. The highest BCUT2D eigenvalue weighted by atomic mass is 16.6. The summed E-state index contributed by atoms with van der Waals surface area (Å²) in [5, 5.41) is 25.1. The quantitative estimate of drug-likeness (QED) is 0.191. The van der Waals surface area contributed by atoms with Crippen molar-refractivity contribution in [1.82, 2.24) is 0 Å². The van der Waals surface area contributed by atoms with Gasteiger partial charge >= 0.3 is 0 Å². The highest BCUT2D eigenvalue weighted by molar-refractivity contribution is 6.13. The van der Waals surface area contributed by atoms with Crippen molar-refractivity contribution in [3.05, 3.63) is 98.6 Å². The van der Waals surface area contributed by atoms with Crippen LogP contribution in [0.25, 0.3) is 11.1 Å². The largest absolute Gasteiger partial charge is 0.410 e. The third-order valence-electron chi connectivity index (χ3n) is 6.68. The number of nitrogens with zero attached hydrogens (tertiary/aromatic N) is 2. The number of fused-ring (bicyclic) bond motifs is 3. The number of benzene rings is 3. The van der Waals surface area contributed by atoms with Crippen molar-refractivity contribution < 1.29 is 10.1 Å². The highest BCUT2D eigenvalue weighted by Crippen LogP contribution is 2.54. The molecule has 0 atom stereocenters. The van der Waals surface area contributed by atoms with Crippen LogP contribution in [0.2, 0.25) is 0 Å². The molecule has 0 spiro atoms. The lowest BCUT2D eigenvalue weighted by Crippen LogP contribution is -2.25. The monoisotopic (exact) mass is 428 g/mol. The van der Waals surface area contributed by atoms with Gasteiger partial charge in [0.1, 0.15) is 5.71 Å². The van der Waals surface area contributed by atoms with Gasteiger partial charge in [0.05, 0.1) is 4.92 Å². The molecular formula is C27H28N2O3. The molecule has 0 bridgehead atoms. The second kappa shape index (κ2) is 8.58. The Balaban J connectivity index is 1.95. The predicted molar refractivity (Wildman–Crippen MR) is 128 cm³/mol. The summed E-state index contributed by atoms with van der Waals surface area (Å²) in [6.45, 7) is 6.32. The van der Waals surface area contributed by atoms with E-state index in [1.165, 1.54) is 5.56 Å². The number of aryl methyl sites for hydroxylation is 1. The zero-order chi connectivity index (χ0) is 22.9. The fourth-order valence-corrected chi connectivity index (χ4v) is 5.37. The minimum absolute atomic E-state index is 0.130. The molecule has 0 unspecified atom stereocenters. The van der Waals surface area contributed by atoms with Crippen molar-refractivity contribution in [3.8, 4) is 11.1 Å². The molecule has 5 heteroatoms. The van der Waals surface area contributed by atoms with E-state index in [0.717, 1.165) is 59.1 Å². The van der Waals surface area contributed by atoms with E-state index in [1.54, 1.807) is 12.1 Å². The van der Waals surface area contributed by atoms with Gasteiger partial charge < -0.3 is 5.21 Å². The van der Waals surface area contributed by atoms with Crippen molar-refractivity contribution in [2.24, 2.45) is 5.16 Å². The second-order valence-electron chi connectivity index (χ2n) is 8.59. The highest BCUT2D eigenvalue weighted by Gasteiger charge is 2.43. The van der Waals surface area contributed by atoms with Crippen LogP contribution >= 0.6 is 0 Å². The van der Waals surface area contributed by atoms with Crippen molar-refractivity contribution in [2.75, 3.05) is 0 Å². The minimum Gasteiger partial charge on any atom is -0.410 e. The average Bonchev–Trinajstić information content (AvgIpc) is 3.05. The van der Waals surface area contributed by atoms with Crippen LogP contribution in [-0.2, 0) is 5.41 Å². The maximum atomic E-state index is 11.5. The smallest absolute Gasteiger partial charge is 0.269 e. The molecule has 1 aliphatic rings. The zero-order valence-corrected chi connectivity index (χ0v) is 18.8. The first-order valence-corrected chi connectivity index (χ1v) is 11.2. The number of nitro groups is 1. The Kier molecular flexibility index (Phi) is 5.83. The summed E-state index contributed by atoms with van der Waals surface area (Å²) in [7, 11) is 0. The number of rotatable bonds is 7. The van der Waals surface area contributed by atoms with Crippen molar-refractivity contribution >= 4 is 11.4 Å². The van der Waals surface area contributed by atoms with Crippen molar-refractivity contribution in [3.63, 3.8) is 0 Å². The number of hydrogen-bond donors (Lipinski definition) is 1. The first kappa shape index (κ1) is 21.8. The van der Waals surface area contributed by atoms with E-state index in [9.17, 15) is 15.3 Å². The molecule has 0 aliphatic heterocycles. The molecule has 164 valence electrons. The molecule has 1 aliphatic carbocycles. The fourth-order valence-electron chi connectivity index (χ4n) is 5.37. The van der Waals surface area contributed by atoms with E-state index in [2.05, 4.69) is 31.1 Å². The molecule has 0 saturated heterocycles. The first-order chi connectivity index (χ1) is 15.5. The third-order valence-corrected chi connectivity index (χ3v) is 6.68. The van der Waals surface area contributed by atoms with Gasteiger partial charge in [-0.05, 0) is 59.7 Å². The van der Waals surface area contributed by atoms with E-state index in [0.29, 0.717) is 5.71 Å². The number of non-ortho nitro benzene ring substituents is 1. The van der Waals surface area contributed by atoms with Crippen molar-refractivity contribution in [2.45, 2.75) is 51.9 Å². The minimum atomic E-state index is -0.313. The molecule has 0 saturated carbocycles. The van der Waals surface area contributed by atoms with Crippen LogP contribution in [0.4, 0.5) is 5.69 Å². The SMILES string of the molecule is CCCC1(CCC)c2cc(/C(=N\O)c3ccccc3C)ccc2-c2ccc([N+](=O)[O-])cc21. The molecule has 3 aromatic rings. The molecule has 0 radical (unpaired) electrons. The van der Waals surface area contributed by atoms with Crippen LogP contribution < -0.4 is 0 Å². The Morgan fingerprint density at radius 1 is 0.969 bits per heavy atom. The fraction of sp³-hybridized carbons (Fsp3) is 0.296. The summed E-state index contributed by atoms with van der Waals surface area (Å²) >= 11 is 0. The van der Waals surface area contributed by atoms with Gasteiger partial charge in [-0.15, -0.1) is 0 Å². The summed E-state index contributed by atoms with van der Waals surface area (Å²) in [6, 6.07) is 19.3. The Hall–Kier alpha value is -3.47. The van der Waals surface area contributed by atoms with Gasteiger partial charge in [-0.25, -0.2) is 0 Å². The molecule has 1 N–H and O–H groups in total. The molecule has 4 rings (SSSR count). The molecule has 3 aromatic carbocycles. The predicted octanol–water partition coefficient (Wildman–Crippen LogP) is 7.00. The van der Waals surface area contributed by atoms with Crippen LogP contribution in [0.3, 0.4) is 0 Å². The zero-order valence-electron chi connectivity index (χ0n) is 18.8. The van der Waals surface area contributed by atoms with Crippen LogP contribution in [0.1, 0.15) is 67.3 Å². The molecule has 5 nitrogen and oxygen atoms in total.